The highest BCUT2D eigenvalue weighted by Gasteiger charge is 2.42. The van der Waals surface area contributed by atoms with Gasteiger partial charge in [-0.15, -0.1) is 0 Å². The number of sulfone groups is 1. The molecule has 9 nitrogen and oxygen atoms in total. The van der Waals surface area contributed by atoms with Crippen molar-refractivity contribution in [3.05, 3.63) is 0 Å². The van der Waals surface area contributed by atoms with Gasteiger partial charge in [-0.2, -0.15) is 0 Å². The van der Waals surface area contributed by atoms with Crippen molar-refractivity contribution in [2.45, 2.75) is 64.1 Å². The number of amides is 2. The van der Waals surface area contributed by atoms with Crippen molar-refractivity contribution in [2.75, 3.05) is 24.7 Å². The predicted molar refractivity (Wildman–Crippen MR) is 96.7 cm³/mol. The Morgan fingerprint density at radius 3 is 2.30 bits per heavy atom. The van der Waals surface area contributed by atoms with Crippen LogP contribution in [0.4, 0.5) is 4.79 Å². The van der Waals surface area contributed by atoms with E-state index in [1.54, 1.807) is 25.7 Å². The monoisotopic (exact) mass is 404 g/mol. The zero-order chi connectivity index (χ0) is 20.2. The quantitative estimate of drug-likeness (QED) is 0.618. The summed E-state index contributed by atoms with van der Waals surface area (Å²) in [6, 6.07) is -0.286. The summed E-state index contributed by atoms with van der Waals surface area (Å²) in [5.41, 5.74) is -0.628. The number of carbonyl (C=O) groups is 3. The van der Waals surface area contributed by atoms with Crippen molar-refractivity contribution in [3.8, 4) is 0 Å². The van der Waals surface area contributed by atoms with Gasteiger partial charge in [0.1, 0.15) is 5.60 Å². The van der Waals surface area contributed by atoms with Gasteiger partial charge in [0.05, 0.1) is 17.9 Å². The Kier molecular flexibility index (Phi) is 6.72. The summed E-state index contributed by atoms with van der Waals surface area (Å²) < 4.78 is 33.4. The Balaban J connectivity index is 1.72. The van der Waals surface area contributed by atoms with E-state index in [4.69, 9.17) is 9.47 Å². The van der Waals surface area contributed by atoms with Crippen LogP contribution in [0.15, 0.2) is 0 Å². The molecule has 0 aromatic heterocycles. The third-order valence-electron chi connectivity index (χ3n) is 4.18. The van der Waals surface area contributed by atoms with Gasteiger partial charge < -0.3 is 19.7 Å². The molecule has 1 aliphatic carbocycles. The standard InChI is InChI=1S/C17H28N2O7S/c1-17(2,3)26-16(22)18-8-6-15(21)25-10-14(20)19(12-4-5-12)13-7-9-27(23,24)11-13/h12-13H,4-11H2,1-3H3,(H,18,22)/t13-/m1/s1. The number of ether oxygens (including phenoxy) is 2. The molecule has 0 spiro atoms. The molecule has 2 aliphatic rings. The first-order chi connectivity index (χ1) is 12.5. The topological polar surface area (TPSA) is 119 Å². The summed E-state index contributed by atoms with van der Waals surface area (Å²) in [6.07, 6.45) is 1.40. The van der Waals surface area contributed by atoms with Crippen molar-refractivity contribution in [1.29, 1.82) is 0 Å². The maximum Gasteiger partial charge on any atom is 0.407 e. The normalized spacial score (nSPS) is 21.4. The first kappa shape index (κ1) is 21.5. The van der Waals surface area contributed by atoms with Gasteiger partial charge in [-0.25, -0.2) is 13.2 Å². The Morgan fingerprint density at radius 2 is 1.78 bits per heavy atom. The maximum atomic E-state index is 12.4. The third kappa shape index (κ3) is 7.36. The Bertz CT molecular complexity index is 680. The number of hydrogen-bond donors (Lipinski definition) is 1. The van der Waals surface area contributed by atoms with Gasteiger partial charge in [0.15, 0.2) is 16.4 Å². The molecular formula is C17H28N2O7S. The van der Waals surface area contributed by atoms with Crippen LogP contribution in [0.25, 0.3) is 0 Å². The summed E-state index contributed by atoms with van der Waals surface area (Å²) in [5, 5.41) is 2.44. The fourth-order valence-electron chi connectivity index (χ4n) is 2.92. The summed E-state index contributed by atoms with van der Waals surface area (Å²) in [7, 11) is -3.10. The molecule has 0 radical (unpaired) electrons. The highest BCUT2D eigenvalue weighted by molar-refractivity contribution is 7.91. The lowest BCUT2D eigenvalue weighted by Crippen LogP contribution is -2.44. The zero-order valence-corrected chi connectivity index (χ0v) is 16.8. The van der Waals surface area contributed by atoms with Gasteiger partial charge in [-0.1, -0.05) is 0 Å². The highest BCUT2D eigenvalue weighted by Crippen LogP contribution is 2.32. The fourth-order valence-corrected chi connectivity index (χ4v) is 4.63. The van der Waals surface area contributed by atoms with E-state index < -0.39 is 34.1 Å². The average molecular weight is 404 g/mol. The lowest BCUT2D eigenvalue weighted by molar-refractivity contribution is -0.153. The summed E-state index contributed by atoms with van der Waals surface area (Å²) >= 11 is 0. The molecule has 1 saturated heterocycles. The molecule has 2 rings (SSSR count). The van der Waals surface area contributed by atoms with Crippen LogP contribution in [-0.2, 0) is 28.9 Å². The molecule has 154 valence electrons. The van der Waals surface area contributed by atoms with Crippen LogP contribution < -0.4 is 5.32 Å². The number of carbonyl (C=O) groups excluding carboxylic acids is 3. The number of nitrogens with zero attached hydrogens (tertiary/aromatic N) is 1. The lowest BCUT2D eigenvalue weighted by Gasteiger charge is -2.28. The summed E-state index contributed by atoms with van der Waals surface area (Å²) in [5.74, 6) is -0.921. The smallest absolute Gasteiger partial charge is 0.407 e. The molecule has 2 amide bonds. The second-order valence-corrected chi connectivity index (χ2v) is 10.2. The van der Waals surface area contributed by atoms with Crippen molar-refractivity contribution >= 4 is 27.8 Å². The molecule has 0 aromatic carbocycles. The molecule has 2 fully saturated rings. The molecule has 0 unspecified atom stereocenters. The van der Waals surface area contributed by atoms with E-state index in [1.807, 2.05) is 0 Å². The van der Waals surface area contributed by atoms with Crippen LogP contribution in [0.2, 0.25) is 0 Å². The first-order valence-electron chi connectivity index (χ1n) is 9.11. The maximum absolute atomic E-state index is 12.4. The highest BCUT2D eigenvalue weighted by atomic mass is 32.2. The van der Waals surface area contributed by atoms with Crippen LogP contribution >= 0.6 is 0 Å². The van der Waals surface area contributed by atoms with Crippen LogP contribution in [0.1, 0.15) is 46.5 Å². The minimum absolute atomic E-state index is 0.0248. The van der Waals surface area contributed by atoms with E-state index in [0.717, 1.165) is 12.8 Å². The van der Waals surface area contributed by atoms with E-state index in [2.05, 4.69) is 5.32 Å². The van der Waals surface area contributed by atoms with Gasteiger partial charge in [-0.05, 0) is 40.0 Å². The molecule has 0 aromatic rings. The minimum atomic E-state index is -3.10. The van der Waals surface area contributed by atoms with Gasteiger partial charge in [-0.3, -0.25) is 9.59 Å². The number of rotatable bonds is 7. The fraction of sp³-hybridized carbons (Fsp3) is 0.824. The Morgan fingerprint density at radius 1 is 1.11 bits per heavy atom. The largest absolute Gasteiger partial charge is 0.456 e. The number of esters is 1. The first-order valence-corrected chi connectivity index (χ1v) is 10.9. The Hall–Kier alpha value is -1.84. The lowest BCUT2D eigenvalue weighted by atomic mass is 10.2. The molecular weight excluding hydrogens is 376 g/mol. The molecule has 1 saturated carbocycles. The minimum Gasteiger partial charge on any atom is -0.456 e. The van der Waals surface area contributed by atoms with Crippen LogP contribution in [0.5, 0.6) is 0 Å². The second-order valence-electron chi connectivity index (χ2n) is 7.93. The number of hydrogen-bond acceptors (Lipinski definition) is 7. The van der Waals surface area contributed by atoms with E-state index in [-0.39, 0.29) is 42.5 Å². The number of nitrogens with one attached hydrogen (secondary N) is 1. The van der Waals surface area contributed by atoms with Gasteiger partial charge >= 0.3 is 12.1 Å². The van der Waals surface area contributed by atoms with Gasteiger partial charge in [0, 0.05) is 18.6 Å². The van der Waals surface area contributed by atoms with E-state index in [0.29, 0.717) is 6.42 Å². The molecule has 1 N–H and O–H groups in total. The zero-order valence-electron chi connectivity index (χ0n) is 16.0. The second kappa shape index (κ2) is 8.45. The third-order valence-corrected chi connectivity index (χ3v) is 5.93. The van der Waals surface area contributed by atoms with Crippen LogP contribution in [0.3, 0.4) is 0 Å². The van der Waals surface area contributed by atoms with E-state index in [9.17, 15) is 22.8 Å². The molecule has 1 heterocycles. The molecule has 1 aliphatic heterocycles. The van der Waals surface area contributed by atoms with Crippen molar-refractivity contribution in [1.82, 2.24) is 10.2 Å². The van der Waals surface area contributed by atoms with Crippen molar-refractivity contribution < 1.29 is 32.3 Å². The number of alkyl carbamates (subject to hydrolysis) is 1. The molecule has 10 heteroatoms. The van der Waals surface area contributed by atoms with Crippen LogP contribution in [-0.4, -0.2) is 73.6 Å². The van der Waals surface area contributed by atoms with Gasteiger partial charge in [0.25, 0.3) is 5.91 Å². The summed E-state index contributed by atoms with van der Waals surface area (Å²) in [6.45, 7) is 4.81. The molecule has 27 heavy (non-hydrogen) atoms. The van der Waals surface area contributed by atoms with E-state index >= 15 is 0 Å². The molecule has 0 bridgehead atoms. The Labute approximate surface area is 159 Å². The predicted octanol–water partition coefficient (Wildman–Crippen LogP) is 0.623. The molecule has 1 atom stereocenters. The van der Waals surface area contributed by atoms with Crippen LogP contribution in [0, 0.1) is 0 Å². The SMILES string of the molecule is CC(C)(C)OC(=O)NCCC(=O)OCC(=O)N(C1CC1)[C@@H]1CCS(=O)(=O)C1. The van der Waals surface area contributed by atoms with Gasteiger partial charge in [0.2, 0.25) is 0 Å². The summed E-state index contributed by atoms with van der Waals surface area (Å²) in [4.78, 5) is 37.3. The average Bonchev–Trinajstić information content (AvgIpc) is 3.27. The van der Waals surface area contributed by atoms with Crippen molar-refractivity contribution in [2.24, 2.45) is 0 Å². The van der Waals surface area contributed by atoms with E-state index in [1.165, 1.54) is 0 Å². The van der Waals surface area contributed by atoms with Crippen molar-refractivity contribution in [3.63, 3.8) is 0 Å².